The summed E-state index contributed by atoms with van der Waals surface area (Å²) in [4.78, 5) is 12.4. The highest BCUT2D eigenvalue weighted by atomic mass is 16.3. The van der Waals surface area contributed by atoms with Crippen LogP contribution in [0, 0.1) is 0 Å². The molecule has 5 atom stereocenters. The molecule has 5 N–H and O–H groups in total. The number of unbranched alkanes of at least 4 members (excludes halogenated alkanes) is 34. The lowest BCUT2D eigenvalue weighted by Crippen LogP contribution is -2.51. The summed E-state index contributed by atoms with van der Waals surface area (Å²) in [5.74, 6) is 0. The lowest BCUT2D eigenvalue weighted by Gasteiger charge is -2.37. The van der Waals surface area contributed by atoms with Gasteiger partial charge in [-0.1, -0.05) is 285 Å². The van der Waals surface area contributed by atoms with E-state index < -0.39 is 0 Å². The van der Waals surface area contributed by atoms with Crippen molar-refractivity contribution in [2.75, 3.05) is 98.2 Å². The Kier molecular flexibility index (Phi) is 56.3. The Hall–Kier alpha value is -0.400. The first-order valence-corrected chi connectivity index (χ1v) is 35.7. The average Bonchev–Trinajstić information content (AvgIpc) is 3.43. The van der Waals surface area contributed by atoms with Crippen LogP contribution in [-0.2, 0) is 0 Å². The quantitative estimate of drug-likeness (QED) is 0.0377. The second kappa shape index (κ2) is 58.0. The molecule has 0 spiro atoms. The molecule has 0 aromatic rings. The molecule has 0 aromatic carbocycles. The molecule has 1 aliphatic heterocycles. The first-order chi connectivity index (χ1) is 38.6. The third-order valence-corrected chi connectivity index (χ3v) is 17.7. The van der Waals surface area contributed by atoms with Crippen LogP contribution in [0.1, 0.15) is 317 Å². The molecule has 1 fully saturated rings. The summed E-state index contributed by atoms with van der Waals surface area (Å²) in [6, 6.07) is 0. The maximum Gasteiger partial charge on any atom is 0.0667 e. The van der Waals surface area contributed by atoms with Crippen LogP contribution in [0.15, 0.2) is 0 Å². The zero-order valence-corrected chi connectivity index (χ0v) is 54.1. The molecule has 10 nitrogen and oxygen atoms in total. The van der Waals surface area contributed by atoms with Gasteiger partial charge in [0.1, 0.15) is 0 Å². The Morgan fingerprint density at radius 3 is 0.658 bits per heavy atom. The SMILES string of the molecule is CCCCCCCCCC[C@@H](O)CN(CCN1CCN(CCN(C[C@H](O)CCCCCCCCCC)C[C@H](O)CCCCCCCCCC)CC1)CCN(C[C@H](O)CCCCCCCCC)C[C@H](O)CCCCCCCCCC. The van der Waals surface area contributed by atoms with E-state index in [2.05, 4.69) is 59.1 Å². The van der Waals surface area contributed by atoms with Crippen LogP contribution in [0.25, 0.3) is 0 Å². The predicted octanol–water partition coefficient (Wildman–Crippen LogP) is 15.6. The Labute approximate surface area is 493 Å². The summed E-state index contributed by atoms with van der Waals surface area (Å²) in [6.07, 6.45) is 51.8. The second-order valence-corrected chi connectivity index (χ2v) is 25.7. The van der Waals surface area contributed by atoms with E-state index in [1.165, 1.54) is 218 Å². The molecule has 79 heavy (non-hydrogen) atoms. The molecule has 1 heterocycles. The normalized spacial score (nSPS) is 15.8. The molecule has 0 saturated carbocycles. The number of hydrogen-bond acceptors (Lipinski definition) is 10. The summed E-state index contributed by atoms with van der Waals surface area (Å²) in [6.45, 7) is 24.0. The molecule has 0 aromatic heterocycles. The van der Waals surface area contributed by atoms with E-state index in [0.29, 0.717) is 32.7 Å². The van der Waals surface area contributed by atoms with Gasteiger partial charge in [-0.2, -0.15) is 0 Å². The van der Waals surface area contributed by atoms with Gasteiger partial charge in [0.2, 0.25) is 0 Å². The standard InChI is InChI=1S/C69H143N5O5/c1-6-11-16-21-26-31-36-40-45-65(75)60-72(57-59-74(63-68(78)46-41-35-30-25-20-15-10-5)64-69(79)49-44-39-34-29-24-19-14-9-4)56-54-70-50-52-71(53-51-70)55-58-73(61-66(76)47-42-37-32-27-22-17-12-7-2)62-67(77)48-43-38-33-28-23-18-13-8-3/h65-69,75-79H,6-64H2,1-5H3/t65-,66-,67-,68-,69-/m1/s1. The summed E-state index contributed by atoms with van der Waals surface area (Å²) >= 11 is 0. The van der Waals surface area contributed by atoms with Gasteiger partial charge < -0.3 is 25.5 Å². The zero-order chi connectivity index (χ0) is 57.5. The van der Waals surface area contributed by atoms with Crippen LogP contribution in [0.3, 0.4) is 0 Å². The highest BCUT2D eigenvalue weighted by Crippen LogP contribution is 2.18. The Balaban J connectivity index is 2.93. The molecule has 1 aliphatic rings. The van der Waals surface area contributed by atoms with Crippen molar-refractivity contribution < 1.29 is 25.5 Å². The third-order valence-electron chi connectivity index (χ3n) is 17.7. The van der Waals surface area contributed by atoms with Crippen molar-refractivity contribution in [3.63, 3.8) is 0 Å². The first kappa shape index (κ1) is 76.6. The maximum absolute atomic E-state index is 11.5. The number of hydrogen-bond donors (Lipinski definition) is 5. The van der Waals surface area contributed by atoms with Crippen molar-refractivity contribution in [1.82, 2.24) is 24.5 Å². The largest absolute Gasteiger partial charge is 0.392 e. The Morgan fingerprint density at radius 1 is 0.241 bits per heavy atom. The van der Waals surface area contributed by atoms with Gasteiger partial charge in [0.15, 0.2) is 0 Å². The number of aliphatic hydroxyl groups is 5. The fraction of sp³-hybridized carbons (Fsp3) is 1.00. The predicted molar refractivity (Wildman–Crippen MR) is 344 cm³/mol. The van der Waals surface area contributed by atoms with Crippen molar-refractivity contribution in [3.8, 4) is 0 Å². The molecule has 0 radical (unpaired) electrons. The van der Waals surface area contributed by atoms with Crippen LogP contribution in [0.2, 0.25) is 0 Å². The minimum atomic E-state index is -0.384. The molecule has 1 rings (SSSR count). The topological polar surface area (TPSA) is 117 Å². The number of nitrogens with zero attached hydrogens (tertiary/aromatic N) is 5. The van der Waals surface area contributed by atoms with Gasteiger partial charge in [0, 0.05) is 98.2 Å². The Morgan fingerprint density at radius 2 is 0.418 bits per heavy atom. The monoisotopic (exact) mass is 1120 g/mol. The smallest absolute Gasteiger partial charge is 0.0667 e. The molecule has 474 valence electrons. The lowest BCUT2D eigenvalue weighted by atomic mass is 10.0. The van der Waals surface area contributed by atoms with E-state index in [9.17, 15) is 25.5 Å². The molecule has 0 amide bonds. The molecule has 1 saturated heterocycles. The van der Waals surface area contributed by atoms with Gasteiger partial charge in [-0.25, -0.2) is 0 Å². The van der Waals surface area contributed by atoms with Gasteiger partial charge in [0.25, 0.3) is 0 Å². The summed E-state index contributed by atoms with van der Waals surface area (Å²) in [7, 11) is 0. The van der Waals surface area contributed by atoms with Gasteiger partial charge in [-0.05, 0) is 32.1 Å². The van der Waals surface area contributed by atoms with Crippen molar-refractivity contribution in [3.05, 3.63) is 0 Å². The van der Waals surface area contributed by atoms with Crippen LogP contribution >= 0.6 is 0 Å². The molecular weight excluding hydrogens is 979 g/mol. The van der Waals surface area contributed by atoms with Crippen molar-refractivity contribution in [2.24, 2.45) is 0 Å². The molecule has 0 unspecified atom stereocenters. The van der Waals surface area contributed by atoms with Gasteiger partial charge >= 0.3 is 0 Å². The van der Waals surface area contributed by atoms with E-state index in [-0.39, 0.29) is 30.5 Å². The zero-order valence-electron chi connectivity index (χ0n) is 54.1. The first-order valence-electron chi connectivity index (χ1n) is 35.7. The fourth-order valence-electron chi connectivity index (χ4n) is 12.2. The fourth-order valence-corrected chi connectivity index (χ4v) is 12.2. The summed E-state index contributed by atoms with van der Waals surface area (Å²) in [5.41, 5.74) is 0. The molecule has 0 bridgehead atoms. The van der Waals surface area contributed by atoms with Crippen LogP contribution in [0.4, 0.5) is 0 Å². The highest BCUT2D eigenvalue weighted by Gasteiger charge is 2.23. The van der Waals surface area contributed by atoms with E-state index in [1.807, 2.05) is 0 Å². The van der Waals surface area contributed by atoms with Crippen LogP contribution in [0.5, 0.6) is 0 Å². The van der Waals surface area contributed by atoms with Crippen LogP contribution < -0.4 is 0 Å². The van der Waals surface area contributed by atoms with Crippen molar-refractivity contribution in [1.29, 1.82) is 0 Å². The van der Waals surface area contributed by atoms with Crippen molar-refractivity contribution >= 4 is 0 Å². The van der Waals surface area contributed by atoms with E-state index in [4.69, 9.17) is 0 Å². The number of aliphatic hydroxyl groups excluding tert-OH is 5. The molecular formula is C69H143N5O5. The second-order valence-electron chi connectivity index (χ2n) is 25.7. The lowest BCUT2D eigenvalue weighted by molar-refractivity contribution is 0.0419. The third kappa shape index (κ3) is 50.6. The minimum absolute atomic E-state index is 0.342. The highest BCUT2D eigenvalue weighted by molar-refractivity contribution is 4.79. The van der Waals surface area contributed by atoms with Crippen LogP contribution in [-0.4, -0.2) is 179 Å². The number of rotatable bonds is 63. The van der Waals surface area contributed by atoms with E-state index in [1.54, 1.807) is 0 Å². The van der Waals surface area contributed by atoms with E-state index >= 15 is 0 Å². The Bertz CT molecular complexity index is 1170. The maximum atomic E-state index is 11.5. The summed E-state index contributed by atoms with van der Waals surface area (Å²) < 4.78 is 0. The molecule has 10 heteroatoms. The average molecular weight is 1120 g/mol. The van der Waals surface area contributed by atoms with Crippen molar-refractivity contribution in [2.45, 2.75) is 348 Å². The van der Waals surface area contributed by atoms with Gasteiger partial charge in [-0.15, -0.1) is 0 Å². The van der Waals surface area contributed by atoms with Gasteiger partial charge in [0.05, 0.1) is 30.5 Å². The molecule has 0 aliphatic carbocycles. The summed E-state index contributed by atoms with van der Waals surface area (Å²) in [5, 5.41) is 56.9. The minimum Gasteiger partial charge on any atom is -0.392 e. The van der Waals surface area contributed by atoms with Gasteiger partial charge in [-0.3, -0.25) is 24.5 Å². The number of piperazine rings is 1. The van der Waals surface area contributed by atoms with E-state index in [0.717, 1.165) is 130 Å².